The summed E-state index contributed by atoms with van der Waals surface area (Å²) in [6.07, 6.45) is -6.09. The van der Waals surface area contributed by atoms with Crippen molar-refractivity contribution in [3.05, 3.63) is 65.5 Å². The summed E-state index contributed by atoms with van der Waals surface area (Å²) in [5, 5.41) is 9.85. The molecule has 0 aliphatic rings. The van der Waals surface area contributed by atoms with E-state index in [4.69, 9.17) is 4.74 Å². The average Bonchev–Trinajstić information content (AvgIpc) is 2.45. The molecule has 0 aromatic heterocycles. The monoisotopic (exact) mass is 300 g/mol. The third kappa shape index (κ3) is 3.95. The first kappa shape index (κ1) is 15.3. The first-order valence-electron chi connectivity index (χ1n) is 6.10. The molecule has 21 heavy (non-hydrogen) atoms. The number of aliphatic hydroxyl groups excluding tert-OH is 1. The maximum absolute atomic E-state index is 13.1. The standard InChI is InChI=1S/C15H12F4O2/c16-13-7-6-10(8-12(13)15(17,18)19)14(20)9-21-11-4-2-1-3-5-11/h1-8,14,20H,9H2. The van der Waals surface area contributed by atoms with E-state index >= 15 is 0 Å². The molecule has 0 aliphatic heterocycles. The maximum Gasteiger partial charge on any atom is 0.419 e. The number of halogens is 4. The number of hydrogen-bond donors (Lipinski definition) is 1. The first-order valence-corrected chi connectivity index (χ1v) is 6.10. The Kier molecular flexibility index (Phi) is 4.47. The Morgan fingerprint density at radius 3 is 2.33 bits per heavy atom. The van der Waals surface area contributed by atoms with Crippen LogP contribution in [0.25, 0.3) is 0 Å². The van der Waals surface area contributed by atoms with E-state index in [1.807, 2.05) is 0 Å². The lowest BCUT2D eigenvalue weighted by Gasteiger charge is -2.15. The second kappa shape index (κ2) is 6.13. The molecule has 6 heteroatoms. The van der Waals surface area contributed by atoms with Crippen molar-refractivity contribution in [3.63, 3.8) is 0 Å². The van der Waals surface area contributed by atoms with Crippen LogP contribution in [0.5, 0.6) is 5.75 Å². The Hall–Kier alpha value is -2.08. The van der Waals surface area contributed by atoms with Crippen molar-refractivity contribution < 1.29 is 27.4 Å². The zero-order chi connectivity index (χ0) is 15.5. The van der Waals surface area contributed by atoms with Crippen LogP contribution in [-0.4, -0.2) is 11.7 Å². The summed E-state index contributed by atoms with van der Waals surface area (Å²) in [7, 11) is 0. The molecule has 1 atom stereocenters. The molecular formula is C15H12F4O2. The molecule has 0 saturated heterocycles. The van der Waals surface area contributed by atoms with Crippen LogP contribution in [0.1, 0.15) is 17.2 Å². The Labute approximate surface area is 118 Å². The fourth-order valence-corrected chi connectivity index (χ4v) is 1.76. The van der Waals surface area contributed by atoms with Crippen molar-refractivity contribution in [2.24, 2.45) is 0 Å². The van der Waals surface area contributed by atoms with E-state index in [1.54, 1.807) is 30.3 Å². The quantitative estimate of drug-likeness (QED) is 0.866. The highest BCUT2D eigenvalue weighted by atomic mass is 19.4. The Morgan fingerprint density at radius 2 is 1.71 bits per heavy atom. The zero-order valence-electron chi connectivity index (χ0n) is 10.8. The van der Waals surface area contributed by atoms with Crippen LogP contribution >= 0.6 is 0 Å². The molecule has 2 aromatic rings. The molecule has 0 fully saturated rings. The Balaban J connectivity index is 2.11. The van der Waals surface area contributed by atoms with Crippen molar-refractivity contribution in [1.29, 1.82) is 0 Å². The van der Waals surface area contributed by atoms with Crippen molar-refractivity contribution >= 4 is 0 Å². The molecular weight excluding hydrogens is 288 g/mol. The lowest BCUT2D eigenvalue weighted by Crippen LogP contribution is -2.13. The number of para-hydroxylation sites is 1. The second-order valence-electron chi connectivity index (χ2n) is 4.38. The summed E-state index contributed by atoms with van der Waals surface area (Å²) in [4.78, 5) is 0. The van der Waals surface area contributed by atoms with Gasteiger partial charge in [0.05, 0.1) is 5.56 Å². The van der Waals surface area contributed by atoms with Gasteiger partial charge in [-0.05, 0) is 29.8 Å². The highest BCUT2D eigenvalue weighted by Gasteiger charge is 2.34. The molecule has 0 amide bonds. The fraction of sp³-hybridized carbons (Fsp3) is 0.200. The molecule has 1 N–H and O–H groups in total. The van der Waals surface area contributed by atoms with E-state index in [1.165, 1.54) is 0 Å². The molecule has 2 rings (SSSR count). The van der Waals surface area contributed by atoms with E-state index < -0.39 is 23.7 Å². The van der Waals surface area contributed by atoms with Crippen LogP contribution in [0, 0.1) is 5.82 Å². The van der Waals surface area contributed by atoms with Crippen LogP contribution in [-0.2, 0) is 6.18 Å². The fourth-order valence-electron chi connectivity index (χ4n) is 1.76. The zero-order valence-corrected chi connectivity index (χ0v) is 10.8. The Bertz CT molecular complexity index is 596. The van der Waals surface area contributed by atoms with Gasteiger partial charge in [-0.25, -0.2) is 4.39 Å². The minimum Gasteiger partial charge on any atom is -0.491 e. The second-order valence-corrected chi connectivity index (χ2v) is 4.38. The number of hydrogen-bond acceptors (Lipinski definition) is 2. The molecule has 2 nitrogen and oxygen atoms in total. The summed E-state index contributed by atoms with van der Waals surface area (Å²) in [6, 6.07) is 10.9. The smallest absolute Gasteiger partial charge is 0.419 e. The molecule has 0 heterocycles. The lowest BCUT2D eigenvalue weighted by molar-refractivity contribution is -0.140. The molecule has 0 saturated carbocycles. The van der Waals surface area contributed by atoms with Gasteiger partial charge in [-0.15, -0.1) is 0 Å². The van der Waals surface area contributed by atoms with Gasteiger partial charge in [0.1, 0.15) is 24.3 Å². The van der Waals surface area contributed by atoms with Crippen LogP contribution in [0.3, 0.4) is 0 Å². The van der Waals surface area contributed by atoms with Gasteiger partial charge in [0, 0.05) is 0 Å². The van der Waals surface area contributed by atoms with Gasteiger partial charge >= 0.3 is 6.18 Å². The number of ether oxygens (including phenoxy) is 1. The van der Waals surface area contributed by atoms with Crippen LogP contribution < -0.4 is 4.74 Å². The molecule has 0 bridgehead atoms. The van der Waals surface area contributed by atoms with Crippen LogP contribution in [0.2, 0.25) is 0 Å². The maximum atomic E-state index is 13.1. The molecule has 0 spiro atoms. The van der Waals surface area contributed by atoms with E-state index in [0.29, 0.717) is 17.9 Å². The third-order valence-electron chi connectivity index (χ3n) is 2.83. The third-order valence-corrected chi connectivity index (χ3v) is 2.83. The van der Waals surface area contributed by atoms with E-state index in [-0.39, 0.29) is 12.2 Å². The van der Waals surface area contributed by atoms with E-state index in [2.05, 4.69) is 0 Å². The normalized spacial score (nSPS) is 13.0. The average molecular weight is 300 g/mol. The minimum atomic E-state index is -4.81. The Morgan fingerprint density at radius 1 is 1.05 bits per heavy atom. The molecule has 112 valence electrons. The molecule has 0 radical (unpaired) electrons. The summed E-state index contributed by atoms with van der Waals surface area (Å²) < 4.78 is 56.2. The largest absolute Gasteiger partial charge is 0.491 e. The van der Waals surface area contributed by atoms with Crippen LogP contribution in [0.4, 0.5) is 17.6 Å². The SMILES string of the molecule is OC(COc1ccccc1)c1ccc(F)c(C(F)(F)F)c1. The number of benzene rings is 2. The van der Waals surface area contributed by atoms with Crippen molar-refractivity contribution in [2.45, 2.75) is 12.3 Å². The molecule has 0 aliphatic carbocycles. The lowest BCUT2D eigenvalue weighted by atomic mass is 10.1. The van der Waals surface area contributed by atoms with Crippen molar-refractivity contribution in [1.82, 2.24) is 0 Å². The predicted molar refractivity (Wildman–Crippen MR) is 68.3 cm³/mol. The molecule has 2 aromatic carbocycles. The van der Waals surface area contributed by atoms with Gasteiger partial charge in [-0.2, -0.15) is 13.2 Å². The first-order chi connectivity index (χ1) is 9.88. The van der Waals surface area contributed by atoms with Gasteiger partial charge in [0.25, 0.3) is 0 Å². The van der Waals surface area contributed by atoms with Gasteiger partial charge < -0.3 is 9.84 Å². The summed E-state index contributed by atoms with van der Waals surface area (Å²) >= 11 is 0. The highest BCUT2D eigenvalue weighted by Crippen LogP contribution is 2.33. The van der Waals surface area contributed by atoms with Gasteiger partial charge in [-0.3, -0.25) is 0 Å². The predicted octanol–water partition coefficient (Wildman–Crippen LogP) is 3.96. The number of rotatable bonds is 4. The van der Waals surface area contributed by atoms with Gasteiger partial charge in [-0.1, -0.05) is 24.3 Å². The minimum absolute atomic E-state index is 0.0559. The number of aliphatic hydroxyl groups is 1. The highest BCUT2D eigenvalue weighted by molar-refractivity contribution is 5.29. The van der Waals surface area contributed by atoms with Crippen molar-refractivity contribution in [2.75, 3.05) is 6.61 Å². The van der Waals surface area contributed by atoms with Gasteiger partial charge in [0.2, 0.25) is 0 Å². The summed E-state index contributed by atoms with van der Waals surface area (Å²) in [6.45, 7) is -0.229. The van der Waals surface area contributed by atoms with Crippen molar-refractivity contribution in [3.8, 4) is 5.75 Å². The van der Waals surface area contributed by atoms with Crippen LogP contribution in [0.15, 0.2) is 48.5 Å². The number of alkyl halides is 3. The summed E-state index contributed by atoms with van der Waals surface area (Å²) in [5.74, 6) is -0.892. The van der Waals surface area contributed by atoms with E-state index in [9.17, 15) is 22.7 Å². The molecule has 1 unspecified atom stereocenters. The van der Waals surface area contributed by atoms with E-state index in [0.717, 1.165) is 6.07 Å². The van der Waals surface area contributed by atoms with Gasteiger partial charge in [0.15, 0.2) is 0 Å². The topological polar surface area (TPSA) is 29.5 Å². The summed E-state index contributed by atoms with van der Waals surface area (Å²) in [5.41, 5.74) is -1.46.